The number of benzene rings is 1. The minimum atomic E-state index is -3.59. The van der Waals surface area contributed by atoms with Crippen molar-refractivity contribution in [2.45, 2.75) is 32.2 Å². The van der Waals surface area contributed by atoms with Crippen molar-refractivity contribution in [3.05, 3.63) is 40.7 Å². The summed E-state index contributed by atoms with van der Waals surface area (Å²) in [5.74, 6) is 0. The van der Waals surface area contributed by atoms with Crippen molar-refractivity contribution in [1.29, 1.82) is 0 Å². The number of hydrogen-bond donors (Lipinski definition) is 2. The average Bonchev–Trinajstić information content (AvgIpc) is 2.66. The summed E-state index contributed by atoms with van der Waals surface area (Å²) in [6, 6.07) is 3.33. The van der Waals surface area contributed by atoms with Crippen LogP contribution >= 0.6 is 0 Å². The molecule has 6 nitrogen and oxygen atoms in total. The molecular formula is C14H20N4O2S. The normalized spacial score (nSPS) is 11.8. The summed E-state index contributed by atoms with van der Waals surface area (Å²) in [7, 11) is -1.77. The van der Waals surface area contributed by atoms with Crippen LogP contribution in [0.3, 0.4) is 0 Å². The molecule has 0 saturated carbocycles. The highest BCUT2D eigenvalue weighted by Gasteiger charge is 2.20. The second-order valence-corrected chi connectivity index (χ2v) is 6.89. The van der Waals surface area contributed by atoms with E-state index >= 15 is 0 Å². The van der Waals surface area contributed by atoms with Crippen LogP contribution in [-0.4, -0.2) is 18.2 Å². The first-order chi connectivity index (χ1) is 9.72. The summed E-state index contributed by atoms with van der Waals surface area (Å²) in [5, 5.41) is 4.10. The smallest absolute Gasteiger partial charge is 0.241 e. The van der Waals surface area contributed by atoms with Gasteiger partial charge in [-0.2, -0.15) is 5.10 Å². The Bertz CT molecular complexity index is 755. The molecule has 0 fully saturated rings. The molecule has 3 N–H and O–H groups in total. The van der Waals surface area contributed by atoms with Gasteiger partial charge in [0.1, 0.15) is 0 Å². The van der Waals surface area contributed by atoms with Crippen LogP contribution in [0.25, 0.3) is 0 Å². The predicted octanol–water partition coefficient (Wildman–Crippen LogP) is 1.41. The highest BCUT2D eigenvalue weighted by atomic mass is 32.2. The van der Waals surface area contributed by atoms with E-state index in [0.717, 1.165) is 11.3 Å². The third-order valence-corrected chi connectivity index (χ3v) is 5.25. The fraction of sp³-hybridized carbons (Fsp3) is 0.357. The Morgan fingerprint density at radius 1 is 1.24 bits per heavy atom. The third kappa shape index (κ3) is 3.08. The van der Waals surface area contributed by atoms with Gasteiger partial charge in [-0.05, 0) is 44.0 Å². The van der Waals surface area contributed by atoms with E-state index in [1.54, 1.807) is 36.9 Å². The number of aromatic nitrogens is 2. The maximum Gasteiger partial charge on any atom is 0.241 e. The van der Waals surface area contributed by atoms with E-state index in [-0.39, 0.29) is 6.54 Å². The SMILES string of the molecule is Cc1cc(N)cc(C)c1S(=O)(=O)NCc1cnn(C)c1C. The standard InChI is InChI=1S/C14H20N4O2S/c1-9-5-13(15)6-10(2)14(9)21(19,20)17-8-12-7-16-18(4)11(12)3/h5-7,17H,8,15H2,1-4H3. The minimum Gasteiger partial charge on any atom is -0.399 e. The Hall–Kier alpha value is -1.86. The van der Waals surface area contributed by atoms with Crippen molar-refractivity contribution in [2.75, 3.05) is 5.73 Å². The highest BCUT2D eigenvalue weighted by Crippen LogP contribution is 2.23. The van der Waals surface area contributed by atoms with Crippen molar-refractivity contribution in [3.63, 3.8) is 0 Å². The molecule has 21 heavy (non-hydrogen) atoms. The van der Waals surface area contributed by atoms with Crippen LogP contribution in [-0.2, 0) is 23.6 Å². The molecular weight excluding hydrogens is 288 g/mol. The van der Waals surface area contributed by atoms with Crippen molar-refractivity contribution >= 4 is 15.7 Å². The van der Waals surface area contributed by atoms with Gasteiger partial charge in [-0.25, -0.2) is 13.1 Å². The summed E-state index contributed by atoms with van der Waals surface area (Å²) < 4.78 is 29.3. The fourth-order valence-corrected chi connectivity index (χ4v) is 3.83. The molecule has 0 saturated heterocycles. The number of aryl methyl sites for hydroxylation is 3. The molecule has 2 aromatic rings. The zero-order chi connectivity index (χ0) is 15.8. The van der Waals surface area contributed by atoms with Crippen LogP contribution < -0.4 is 10.5 Å². The maximum atomic E-state index is 12.5. The lowest BCUT2D eigenvalue weighted by atomic mass is 10.1. The highest BCUT2D eigenvalue weighted by molar-refractivity contribution is 7.89. The van der Waals surface area contributed by atoms with Gasteiger partial charge in [0.2, 0.25) is 10.0 Å². The molecule has 1 aromatic carbocycles. The molecule has 7 heteroatoms. The van der Waals surface area contributed by atoms with Crippen LogP contribution in [0.4, 0.5) is 5.69 Å². The third-order valence-electron chi connectivity index (χ3n) is 3.54. The Labute approximate surface area is 125 Å². The molecule has 0 spiro atoms. The van der Waals surface area contributed by atoms with Gasteiger partial charge in [-0.3, -0.25) is 4.68 Å². The molecule has 0 radical (unpaired) electrons. The average molecular weight is 308 g/mol. The zero-order valence-electron chi connectivity index (χ0n) is 12.6. The molecule has 0 aliphatic heterocycles. The van der Waals surface area contributed by atoms with Crippen LogP contribution in [0.1, 0.15) is 22.4 Å². The second-order valence-electron chi connectivity index (χ2n) is 5.19. The first kappa shape index (κ1) is 15.5. The maximum absolute atomic E-state index is 12.5. The molecule has 114 valence electrons. The van der Waals surface area contributed by atoms with Gasteiger partial charge in [0, 0.05) is 30.5 Å². The Morgan fingerprint density at radius 3 is 2.29 bits per heavy atom. The number of nitrogens with two attached hydrogens (primary N) is 1. The number of sulfonamides is 1. The van der Waals surface area contributed by atoms with E-state index in [2.05, 4.69) is 9.82 Å². The van der Waals surface area contributed by atoms with E-state index in [0.29, 0.717) is 21.7 Å². The zero-order valence-corrected chi connectivity index (χ0v) is 13.5. The van der Waals surface area contributed by atoms with Crippen LogP contribution in [0.15, 0.2) is 23.2 Å². The van der Waals surface area contributed by atoms with Crippen LogP contribution in [0, 0.1) is 20.8 Å². The van der Waals surface area contributed by atoms with Gasteiger partial charge in [-0.1, -0.05) is 0 Å². The summed E-state index contributed by atoms with van der Waals surface area (Å²) in [6.07, 6.45) is 1.67. The molecule has 0 amide bonds. The van der Waals surface area contributed by atoms with Crippen molar-refractivity contribution in [3.8, 4) is 0 Å². The van der Waals surface area contributed by atoms with Crippen molar-refractivity contribution in [1.82, 2.24) is 14.5 Å². The van der Waals surface area contributed by atoms with E-state index in [9.17, 15) is 8.42 Å². The summed E-state index contributed by atoms with van der Waals surface area (Å²) in [4.78, 5) is 0.290. The Kier molecular flexibility index (Phi) is 4.06. The van der Waals surface area contributed by atoms with Gasteiger partial charge in [-0.15, -0.1) is 0 Å². The van der Waals surface area contributed by atoms with Crippen LogP contribution in [0.2, 0.25) is 0 Å². The van der Waals surface area contributed by atoms with E-state index in [4.69, 9.17) is 5.73 Å². The summed E-state index contributed by atoms with van der Waals surface area (Å²) in [5.41, 5.74) is 9.37. The molecule has 0 aliphatic rings. The molecule has 1 aromatic heterocycles. The van der Waals surface area contributed by atoms with Gasteiger partial charge < -0.3 is 5.73 Å². The monoisotopic (exact) mass is 308 g/mol. The van der Waals surface area contributed by atoms with E-state index < -0.39 is 10.0 Å². The van der Waals surface area contributed by atoms with Crippen LogP contribution in [0.5, 0.6) is 0 Å². The molecule has 1 heterocycles. The van der Waals surface area contributed by atoms with Gasteiger partial charge in [0.25, 0.3) is 0 Å². The quantitative estimate of drug-likeness (QED) is 0.836. The first-order valence-corrected chi connectivity index (χ1v) is 8.04. The minimum absolute atomic E-state index is 0.214. The lowest BCUT2D eigenvalue weighted by Crippen LogP contribution is -2.25. The lowest BCUT2D eigenvalue weighted by Gasteiger charge is -2.13. The number of nitrogen functional groups attached to an aromatic ring is 1. The number of hydrogen-bond acceptors (Lipinski definition) is 4. The topological polar surface area (TPSA) is 90.0 Å². The van der Waals surface area contributed by atoms with Crippen molar-refractivity contribution in [2.24, 2.45) is 7.05 Å². The second kappa shape index (κ2) is 5.50. The van der Waals surface area contributed by atoms with Gasteiger partial charge in [0.05, 0.1) is 11.1 Å². The molecule has 0 aliphatic carbocycles. The van der Waals surface area contributed by atoms with Gasteiger partial charge >= 0.3 is 0 Å². The number of rotatable bonds is 4. The predicted molar refractivity (Wildman–Crippen MR) is 82.3 cm³/mol. The molecule has 2 rings (SSSR count). The molecule has 0 atom stereocenters. The summed E-state index contributed by atoms with van der Waals surface area (Å²) in [6.45, 7) is 5.60. The van der Waals surface area contributed by atoms with E-state index in [1.807, 2.05) is 14.0 Å². The summed E-state index contributed by atoms with van der Waals surface area (Å²) >= 11 is 0. The first-order valence-electron chi connectivity index (χ1n) is 6.56. The largest absolute Gasteiger partial charge is 0.399 e. The lowest BCUT2D eigenvalue weighted by molar-refractivity contribution is 0.580. The molecule has 0 bridgehead atoms. The Morgan fingerprint density at radius 2 is 1.81 bits per heavy atom. The number of nitrogens with zero attached hydrogens (tertiary/aromatic N) is 2. The van der Waals surface area contributed by atoms with E-state index in [1.165, 1.54) is 0 Å². The van der Waals surface area contributed by atoms with Crippen molar-refractivity contribution < 1.29 is 8.42 Å². The molecule has 0 unspecified atom stereocenters. The number of nitrogens with one attached hydrogen (secondary N) is 1. The fourth-order valence-electron chi connectivity index (χ4n) is 2.37. The van der Waals surface area contributed by atoms with Gasteiger partial charge in [0.15, 0.2) is 0 Å². The number of anilines is 1. The Balaban J connectivity index is 2.29.